The highest BCUT2D eigenvalue weighted by molar-refractivity contribution is 7.21. The van der Waals surface area contributed by atoms with E-state index < -0.39 is 0 Å². The predicted octanol–water partition coefficient (Wildman–Crippen LogP) is 3.67. The Bertz CT molecular complexity index is 891. The third-order valence-corrected chi connectivity index (χ3v) is 4.76. The molecule has 0 fully saturated rings. The van der Waals surface area contributed by atoms with Crippen LogP contribution >= 0.6 is 11.3 Å². The van der Waals surface area contributed by atoms with Gasteiger partial charge in [-0.3, -0.25) is 4.79 Å². The highest BCUT2D eigenvalue weighted by Gasteiger charge is 2.15. The number of thiazole rings is 1. The molecule has 0 aliphatic rings. The molecule has 6 heteroatoms. The lowest BCUT2D eigenvalue weighted by atomic mass is 10.1. The number of hydrogen-bond acceptors (Lipinski definition) is 4. The van der Waals surface area contributed by atoms with Crippen LogP contribution in [0.3, 0.4) is 0 Å². The van der Waals surface area contributed by atoms with Crippen molar-refractivity contribution >= 4 is 33.1 Å². The molecule has 0 radical (unpaired) electrons. The van der Waals surface area contributed by atoms with Crippen LogP contribution in [-0.4, -0.2) is 20.7 Å². The van der Waals surface area contributed by atoms with E-state index >= 15 is 0 Å². The number of aromatic nitrogens is 3. The van der Waals surface area contributed by atoms with E-state index in [0.717, 1.165) is 43.6 Å². The molecule has 1 amide bonds. The van der Waals surface area contributed by atoms with Crippen molar-refractivity contribution in [2.45, 2.75) is 34.6 Å². The highest BCUT2D eigenvalue weighted by atomic mass is 32.1. The Balaban J connectivity index is 2.20. The number of carbonyl (C=O) groups is 1. The molecule has 114 valence electrons. The third-order valence-electron chi connectivity index (χ3n) is 3.60. The molecule has 0 unspecified atom stereocenters. The Hall–Kier alpha value is -2.21. The molecule has 3 rings (SSSR count). The number of aryl methyl sites for hydroxylation is 4. The second-order valence-corrected chi connectivity index (χ2v) is 6.54. The number of fused-ring (bicyclic) bond motifs is 1. The van der Waals surface area contributed by atoms with E-state index in [1.165, 1.54) is 6.92 Å². The van der Waals surface area contributed by atoms with E-state index in [1.807, 2.05) is 44.5 Å². The number of anilines is 1. The second kappa shape index (κ2) is 5.21. The molecule has 2 aromatic heterocycles. The van der Waals surface area contributed by atoms with Crippen molar-refractivity contribution in [3.63, 3.8) is 0 Å². The SMILES string of the molecule is CC(=O)Nc1c(C)cc2nc(-n3nc(C)cc3C)sc2c1C. The van der Waals surface area contributed by atoms with E-state index in [9.17, 15) is 4.79 Å². The van der Waals surface area contributed by atoms with E-state index in [2.05, 4.69) is 10.4 Å². The van der Waals surface area contributed by atoms with Crippen molar-refractivity contribution in [3.05, 3.63) is 34.6 Å². The lowest BCUT2D eigenvalue weighted by molar-refractivity contribution is -0.114. The average Bonchev–Trinajstić information content (AvgIpc) is 2.97. The Morgan fingerprint density at radius 1 is 1.23 bits per heavy atom. The number of nitrogens with one attached hydrogen (secondary N) is 1. The van der Waals surface area contributed by atoms with E-state index in [1.54, 1.807) is 11.3 Å². The quantitative estimate of drug-likeness (QED) is 0.785. The van der Waals surface area contributed by atoms with Gasteiger partial charge in [0.15, 0.2) is 0 Å². The largest absolute Gasteiger partial charge is 0.326 e. The van der Waals surface area contributed by atoms with Gasteiger partial charge in [0.25, 0.3) is 0 Å². The number of rotatable bonds is 2. The van der Waals surface area contributed by atoms with Crippen LogP contribution < -0.4 is 5.32 Å². The Kier molecular flexibility index (Phi) is 3.48. The van der Waals surface area contributed by atoms with Gasteiger partial charge in [-0.05, 0) is 51.0 Å². The Morgan fingerprint density at radius 2 is 1.95 bits per heavy atom. The smallest absolute Gasteiger partial charge is 0.221 e. The number of amides is 1. The van der Waals surface area contributed by atoms with Crippen LogP contribution in [0.5, 0.6) is 0 Å². The number of nitrogens with zero attached hydrogens (tertiary/aromatic N) is 3. The molecule has 0 aliphatic carbocycles. The molecule has 0 saturated heterocycles. The van der Waals surface area contributed by atoms with Gasteiger partial charge in [0, 0.05) is 18.3 Å². The monoisotopic (exact) mass is 314 g/mol. The second-order valence-electron chi connectivity index (χ2n) is 5.56. The maximum absolute atomic E-state index is 11.4. The molecule has 3 aromatic rings. The van der Waals surface area contributed by atoms with Crippen LogP contribution in [0, 0.1) is 27.7 Å². The zero-order valence-electron chi connectivity index (χ0n) is 13.3. The van der Waals surface area contributed by atoms with Crippen molar-refractivity contribution in [2.75, 3.05) is 5.32 Å². The summed E-state index contributed by atoms with van der Waals surface area (Å²) < 4.78 is 2.95. The molecule has 1 N–H and O–H groups in total. The topological polar surface area (TPSA) is 59.8 Å². The van der Waals surface area contributed by atoms with Gasteiger partial charge in [0.1, 0.15) is 0 Å². The van der Waals surface area contributed by atoms with Crippen LogP contribution in [0.25, 0.3) is 15.3 Å². The fourth-order valence-electron chi connectivity index (χ4n) is 2.65. The van der Waals surface area contributed by atoms with Crippen LogP contribution in [0.4, 0.5) is 5.69 Å². The molecule has 0 aliphatic heterocycles. The number of carbonyl (C=O) groups excluding carboxylic acids is 1. The first-order valence-corrected chi connectivity index (χ1v) is 7.90. The first kappa shape index (κ1) is 14.7. The minimum Gasteiger partial charge on any atom is -0.326 e. The van der Waals surface area contributed by atoms with E-state index in [-0.39, 0.29) is 5.91 Å². The number of hydrogen-bond donors (Lipinski definition) is 1. The fraction of sp³-hybridized carbons (Fsp3) is 0.312. The molecule has 0 atom stereocenters. The summed E-state index contributed by atoms with van der Waals surface area (Å²) in [6, 6.07) is 4.05. The molecule has 0 bridgehead atoms. The van der Waals surface area contributed by atoms with Gasteiger partial charge in [-0.25, -0.2) is 9.67 Å². The zero-order valence-corrected chi connectivity index (χ0v) is 14.1. The van der Waals surface area contributed by atoms with Crippen molar-refractivity contribution in [3.8, 4) is 5.13 Å². The van der Waals surface area contributed by atoms with Crippen LogP contribution in [0.1, 0.15) is 29.4 Å². The summed E-state index contributed by atoms with van der Waals surface area (Å²) in [5, 5.41) is 8.26. The summed E-state index contributed by atoms with van der Waals surface area (Å²) in [6.07, 6.45) is 0. The summed E-state index contributed by atoms with van der Waals surface area (Å²) in [7, 11) is 0. The van der Waals surface area contributed by atoms with Gasteiger partial charge in [-0.15, -0.1) is 0 Å². The molecule has 0 spiro atoms. The molecule has 2 heterocycles. The summed E-state index contributed by atoms with van der Waals surface area (Å²) in [5.74, 6) is -0.0613. The van der Waals surface area contributed by atoms with Crippen molar-refractivity contribution in [2.24, 2.45) is 0 Å². The zero-order chi connectivity index (χ0) is 16.0. The van der Waals surface area contributed by atoms with Gasteiger partial charge < -0.3 is 5.32 Å². The predicted molar refractivity (Wildman–Crippen MR) is 90.0 cm³/mol. The maximum Gasteiger partial charge on any atom is 0.221 e. The average molecular weight is 314 g/mol. The van der Waals surface area contributed by atoms with Gasteiger partial charge in [0.2, 0.25) is 11.0 Å². The third kappa shape index (κ3) is 2.39. The van der Waals surface area contributed by atoms with E-state index in [4.69, 9.17) is 4.98 Å². The van der Waals surface area contributed by atoms with Crippen LogP contribution in [0.15, 0.2) is 12.1 Å². The van der Waals surface area contributed by atoms with Crippen LogP contribution in [0.2, 0.25) is 0 Å². The lowest BCUT2D eigenvalue weighted by Crippen LogP contribution is -2.08. The highest BCUT2D eigenvalue weighted by Crippen LogP contribution is 2.34. The lowest BCUT2D eigenvalue weighted by Gasteiger charge is -2.10. The summed E-state index contributed by atoms with van der Waals surface area (Å²) >= 11 is 1.59. The van der Waals surface area contributed by atoms with Crippen LogP contribution in [-0.2, 0) is 4.79 Å². The van der Waals surface area contributed by atoms with Gasteiger partial charge in [0.05, 0.1) is 15.9 Å². The summed E-state index contributed by atoms with van der Waals surface area (Å²) in [5.41, 5.74) is 5.93. The Morgan fingerprint density at radius 3 is 2.55 bits per heavy atom. The van der Waals surface area contributed by atoms with Gasteiger partial charge in [-0.1, -0.05) is 11.3 Å². The first-order chi connectivity index (χ1) is 10.4. The number of benzene rings is 1. The fourth-order valence-corrected chi connectivity index (χ4v) is 3.72. The molecule has 0 saturated carbocycles. The minimum atomic E-state index is -0.0613. The van der Waals surface area contributed by atoms with Crippen molar-refractivity contribution in [1.82, 2.24) is 14.8 Å². The summed E-state index contributed by atoms with van der Waals surface area (Å²) in [4.78, 5) is 16.1. The molecular formula is C16H18N4OS. The van der Waals surface area contributed by atoms with Crippen molar-refractivity contribution < 1.29 is 4.79 Å². The normalized spacial score (nSPS) is 11.1. The Labute approximate surface area is 133 Å². The standard InChI is InChI=1S/C16H18N4OS/c1-8-6-13-15(11(4)14(8)17-12(5)21)22-16(18-13)20-10(3)7-9(2)19-20/h6-7H,1-5H3,(H,17,21). The maximum atomic E-state index is 11.4. The van der Waals surface area contributed by atoms with Gasteiger partial charge in [-0.2, -0.15) is 5.10 Å². The summed E-state index contributed by atoms with van der Waals surface area (Å²) in [6.45, 7) is 9.52. The molecular weight excluding hydrogens is 296 g/mol. The van der Waals surface area contributed by atoms with E-state index in [0.29, 0.717) is 0 Å². The van der Waals surface area contributed by atoms with Crippen molar-refractivity contribution in [1.29, 1.82) is 0 Å². The molecule has 1 aromatic carbocycles. The molecule has 22 heavy (non-hydrogen) atoms. The first-order valence-electron chi connectivity index (χ1n) is 7.09. The van der Waals surface area contributed by atoms with Gasteiger partial charge >= 0.3 is 0 Å². The molecule has 5 nitrogen and oxygen atoms in total. The minimum absolute atomic E-state index is 0.0613.